The second-order valence-corrected chi connectivity index (χ2v) is 5.29. The van der Waals surface area contributed by atoms with Crippen LogP contribution >= 0.6 is 0 Å². The molecule has 0 heterocycles. The average Bonchev–Trinajstić information content (AvgIpc) is 2.56. The van der Waals surface area contributed by atoms with Crippen LogP contribution < -0.4 is 4.74 Å². The number of carbonyl (C=O) groups is 1. The SMILES string of the molecule is C=NC[C@H](CC(=O)c1ccccc1OC)Cc1ccccc1. The molecule has 3 nitrogen and oxygen atoms in total. The molecule has 0 aromatic heterocycles. The number of methoxy groups -OCH3 is 1. The Kier molecular flexibility index (Phi) is 5.90. The van der Waals surface area contributed by atoms with Crippen molar-refractivity contribution in [1.29, 1.82) is 0 Å². The Morgan fingerprint density at radius 3 is 2.50 bits per heavy atom. The lowest BCUT2D eigenvalue weighted by Crippen LogP contribution is -2.15. The van der Waals surface area contributed by atoms with E-state index in [1.807, 2.05) is 42.5 Å². The molecule has 0 aliphatic heterocycles. The van der Waals surface area contributed by atoms with Crippen molar-refractivity contribution in [3.05, 3.63) is 65.7 Å². The number of ether oxygens (including phenoxy) is 1. The fourth-order valence-electron chi connectivity index (χ4n) is 2.58. The van der Waals surface area contributed by atoms with Crippen molar-refractivity contribution in [3.8, 4) is 5.75 Å². The smallest absolute Gasteiger partial charge is 0.166 e. The number of hydrogen-bond donors (Lipinski definition) is 0. The summed E-state index contributed by atoms with van der Waals surface area (Å²) in [6.07, 6.45) is 1.26. The van der Waals surface area contributed by atoms with E-state index in [1.54, 1.807) is 7.11 Å². The van der Waals surface area contributed by atoms with E-state index in [0.29, 0.717) is 24.3 Å². The minimum atomic E-state index is 0.0852. The Balaban J connectivity index is 2.10. The average molecular weight is 295 g/mol. The van der Waals surface area contributed by atoms with Gasteiger partial charge in [-0.25, -0.2) is 0 Å². The first kappa shape index (κ1) is 16.0. The first-order valence-corrected chi connectivity index (χ1v) is 7.37. The first-order valence-electron chi connectivity index (χ1n) is 7.37. The molecule has 2 rings (SSSR count). The van der Waals surface area contributed by atoms with E-state index >= 15 is 0 Å². The number of Topliss-reactive ketones (excluding diaryl/α,β-unsaturated/α-hetero) is 1. The summed E-state index contributed by atoms with van der Waals surface area (Å²) in [5.41, 5.74) is 1.84. The third-order valence-electron chi connectivity index (χ3n) is 3.64. The molecule has 0 fully saturated rings. The van der Waals surface area contributed by atoms with Crippen molar-refractivity contribution in [2.24, 2.45) is 10.9 Å². The third-order valence-corrected chi connectivity index (χ3v) is 3.64. The van der Waals surface area contributed by atoms with Crippen molar-refractivity contribution in [3.63, 3.8) is 0 Å². The number of aliphatic imine (C=N–C) groups is 1. The lowest BCUT2D eigenvalue weighted by molar-refractivity contribution is 0.0959. The fraction of sp³-hybridized carbons (Fsp3) is 0.263. The zero-order valence-electron chi connectivity index (χ0n) is 12.9. The van der Waals surface area contributed by atoms with Gasteiger partial charge < -0.3 is 9.73 Å². The highest BCUT2D eigenvalue weighted by atomic mass is 16.5. The van der Waals surface area contributed by atoms with Crippen LogP contribution in [0.3, 0.4) is 0 Å². The van der Waals surface area contributed by atoms with E-state index in [4.69, 9.17) is 4.74 Å². The maximum Gasteiger partial charge on any atom is 0.166 e. The van der Waals surface area contributed by atoms with Crippen LogP contribution in [0, 0.1) is 5.92 Å². The number of carbonyl (C=O) groups excluding carboxylic acids is 1. The van der Waals surface area contributed by atoms with Crippen LogP contribution in [0.4, 0.5) is 0 Å². The lowest BCUT2D eigenvalue weighted by Gasteiger charge is -2.15. The Hall–Kier alpha value is -2.42. The summed E-state index contributed by atoms with van der Waals surface area (Å²) >= 11 is 0. The van der Waals surface area contributed by atoms with E-state index in [0.717, 1.165) is 6.42 Å². The number of rotatable bonds is 8. The van der Waals surface area contributed by atoms with Gasteiger partial charge >= 0.3 is 0 Å². The van der Waals surface area contributed by atoms with Gasteiger partial charge in [-0.3, -0.25) is 4.79 Å². The normalized spacial score (nSPS) is 11.7. The van der Waals surface area contributed by atoms with Crippen LogP contribution in [0.25, 0.3) is 0 Å². The van der Waals surface area contributed by atoms with E-state index < -0.39 is 0 Å². The Labute approximate surface area is 131 Å². The highest BCUT2D eigenvalue weighted by Gasteiger charge is 2.18. The summed E-state index contributed by atoms with van der Waals surface area (Å²) in [5.74, 6) is 0.858. The van der Waals surface area contributed by atoms with E-state index in [2.05, 4.69) is 23.8 Å². The fourth-order valence-corrected chi connectivity index (χ4v) is 2.58. The van der Waals surface area contributed by atoms with Gasteiger partial charge in [-0.15, -0.1) is 0 Å². The molecule has 0 N–H and O–H groups in total. The molecule has 3 heteroatoms. The predicted molar refractivity (Wildman–Crippen MR) is 90.0 cm³/mol. The molecule has 0 radical (unpaired) electrons. The number of benzene rings is 2. The minimum absolute atomic E-state index is 0.0852. The van der Waals surface area contributed by atoms with Crippen LogP contribution in [-0.2, 0) is 6.42 Å². The minimum Gasteiger partial charge on any atom is -0.496 e. The topological polar surface area (TPSA) is 38.7 Å². The second-order valence-electron chi connectivity index (χ2n) is 5.29. The van der Waals surface area contributed by atoms with Crippen molar-refractivity contribution >= 4 is 12.5 Å². The van der Waals surface area contributed by atoms with Gasteiger partial charge in [-0.2, -0.15) is 0 Å². The molecule has 114 valence electrons. The molecule has 0 spiro atoms. The number of para-hydroxylation sites is 1. The van der Waals surface area contributed by atoms with Crippen LogP contribution in [0.15, 0.2) is 59.6 Å². The van der Waals surface area contributed by atoms with Crippen LogP contribution in [0.5, 0.6) is 5.75 Å². The summed E-state index contributed by atoms with van der Waals surface area (Å²) < 4.78 is 5.27. The number of ketones is 1. The lowest BCUT2D eigenvalue weighted by atomic mass is 9.92. The van der Waals surface area contributed by atoms with Gasteiger partial charge in [0.2, 0.25) is 0 Å². The monoisotopic (exact) mass is 295 g/mol. The van der Waals surface area contributed by atoms with Crippen LogP contribution in [0.2, 0.25) is 0 Å². The Bertz CT molecular complexity index is 622. The molecule has 0 aliphatic rings. The van der Waals surface area contributed by atoms with Crippen molar-refractivity contribution < 1.29 is 9.53 Å². The van der Waals surface area contributed by atoms with Crippen LogP contribution in [-0.4, -0.2) is 26.2 Å². The maximum absolute atomic E-state index is 12.6. The molecule has 0 bridgehead atoms. The largest absolute Gasteiger partial charge is 0.496 e. The summed E-state index contributed by atoms with van der Waals surface area (Å²) in [5, 5.41) is 0. The zero-order valence-corrected chi connectivity index (χ0v) is 12.9. The molecule has 0 aliphatic carbocycles. The molecular formula is C19H21NO2. The summed E-state index contributed by atoms with van der Waals surface area (Å²) in [4.78, 5) is 16.5. The Morgan fingerprint density at radius 2 is 1.82 bits per heavy atom. The molecular weight excluding hydrogens is 274 g/mol. The van der Waals surface area contributed by atoms with Gasteiger partial charge in [0.25, 0.3) is 0 Å². The van der Waals surface area contributed by atoms with Crippen molar-refractivity contribution in [2.75, 3.05) is 13.7 Å². The van der Waals surface area contributed by atoms with Gasteiger partial charge in [0, 0.05) is 13.0 Å². The summed E-state index contributed by atoms with van der Waals surface area (Å²) in [7, 11) is 1.58. The highest BCUT2D eigenvalue weighted by Crippen LogP contribution is 2.22. The molecule has 0 unspecified atom stereocenters. The Morgan fingerprint density at radius 1 is 1.14 bits per heavy atom. The van der Waals surface area contributed by atoms with E-state index in [1.165, 1.54) is 5.56 Å². The molecule has 1 atom stereocenters. The van der Waals surface area contributed by atoms with Gasteiger partial charge in [0.1, 0.15) is 5.75 Å². The van der Waals surface area contributed by atoms with E-state index in [-0.39, 0.29) is 11.7 Å². The zero-order chi connectivity index (χ0) is 15.8. The van der Waals surface area contributed by atoms with Gasteiger partial charge in [-0.1, -0.05) is 42.5 Å². The number of nitrogens with zero attached hydrogens (tertiary/aromatic N) is 1. The molecule has 22 heavy (non-hydrogen) atoms. The second kappa shape index (κ2) is 8.13. The molecule has 2 aromatic rings. The van der Waals surface area contributed by atoms with E-state index in [9.17, 15) is 4.79 Å². The number of hydrogen-bond acceptors (Lipinski definition) is 3. The van der Waals surface area contributed by atoms with Gasteiger partial charge in [-0.05, 0) is 36.8 Å². The predicted octanol–water partition coefficient (Wildman–Crippen LogP) is 3.83. The molecule has 0 amide bonds. The molecule has 2 aromatic carbocycles. The summed E-state index contributed by atoms with van der Waals surface area (Å²) in [6.45, 7) is 4.15. The van der Waals surface area contributed by atoms with Crippen molar-refractivity contribution in [1.82, 2.24) is 0 Å². The van der Waals surface area contributed by atoms with Gasteiger partial charge in [0.15, 0.2) is 5.78 Å². The third kappa shape index (κ3) is 4.29. The summed E-state index contributed by atoms with van der Waals surface area (Å²) in [6, 6.07) is 17.5. The quantitative estimate of drug-likeness (QED) is 0.548. The maximum atomic E-state index is 12.6. The molecule has 0 saturated heterocycles. The highest BCUT2D eigenvalue weighted by molar-refractivity contribution is 5.98. The molecule has 0 saturated carbocycles. The van der Waals surface area contributed by atoms with Crippen molar-refractivity contribution in [2.45, 2.75) is 12.8 Å². The standard InChI is InChI=1S/C19H21NO2/c1-20-14-16(12-15-8-4-3-5-9-15)13-18(21)17-10-6-7-11-19(17)22-2/h3-11,16H,1,12-14H2,2H3/t16-/m0/s1. The van der Waals surface area contributed by atoms with Gasteiger partial charge in [0.05, 0.1) is 12.7 Å². The first-order chi connectivity index (χ1) is 10.7. The van der Waals surface area contributed by atoms with Crippen LogP contribution in [0.1, 0.15) is 22.3 Å².